The first-order valence-electron chi connectivity index (χ1n) is 9.51. The van der Waals surface area contributed by atoms with Crippen molar-refractivity contribution in [1.29, 1.82) is 0 Å². The topological polar surface area (TPSA) is 102 Å². The molecule has 0 radical (unpaired) electrons. The molecule has 1 aliphatic carbocycles. The summed E-state index contributed by atoms with van der Waals surface area (Å²) >= 11 is 2.87. The Morgan fingerprint density at radius 3 is 2.83 bits per heavy atom. The molecule has 1 atom stereocenters. The van der Waals surface area contributed by atoms with Gasteiger partial charge in [0.1, 0.15) is 0 Å². The number of nitrogens with zero attached hydrogens (tertiary/aromatic N) is 2. The molecule has 0 saturated carbocycles. The molecule has 10 heteroatoms. The lowest BCUT2D eigenvalue weighted by Crippen LogP contribution is -2.24. The van der Waals surface area contributed by atoms with Gasteiger partial charge in [0.15, 0.2) is 21.8 Å². The van der Waals surface area contributed by atoms with Gasteiger partial charge >= 0.3 is 0 Å². The van der Waals surface area contributed by atoms with Crippen LogP contribution in [0.1, 0.15) is 44.6 Å². The van der Waals surface area contributed by atoms with Crippen LogP contribution in [0.2, 0.25) is 0 Å². The lowest BCUT2D eigenvalue weighted by molar-refractivity contribution is -0.117. The van der Waals surface area contributed by atoms with Gasteiger partial charge in [-0.3, -0.25) is 14.9 Å². The van der Waals surface area contributed by atoms with Gasteiger partial charge < -0.3 is 14.8 Å². The number of hydrogen-bond donors (Lipinski definition) is 2. The molecule has 1 aromatic carbocycles. The maximum absolute atomic E-state index is 12.8. The standard InChI is InChI=1S/C20H18N4O4S2/c1-10-8-21-19(29-10)24-18(26)12-3-2-4-15-16(12)22-20(30-15)23-17(25)11-5-6-13-14(7-11)28-9-27-13/h5-8,12H,2-4,9H2,1H3,(H,21,24,26)(H,22,23,25). The van der Waals surface area contributed by atoms with Crippen molar-refractivity contribution in [1.82, 2.24) is 9.97 Å². The zero-order valence-corrected chi connectivity index (χ0v) is 17.7. The van der Waals surface area contributed by atoms with Crippen molar-refractivity contribution in [3.05, 3.63) is 45.4 Å². The predicted molar refractivity (Wildman–Crippen MR) is 114 cm³/mol. The molecule has 0 spiro atoms. The third-order valence-electron chi connectivity index (χ3n) is 4.98. The highest BCUT2D eigenvalue weighted by molar-refractivity contribution is 7.16. The highest BCUT2D eigenvalue weighted by Crippen LogP contribution is 2.38. The van der Waals surface area contributed by atoms with Gasteiger partial charge in [-0.15, -0.1) is 22.7 Å². The van der Waals surface area contributed by atoms with Crippen molar-refractivity contribution in [2.24, 2.45) is 0 Å². The van der Waals surface area contributed by atoms with Crippen LogP contribution in [-0.4, -0.2) is 28.6 Å². The summed E-state index contributed by atoms with van der Waals surface area (Å²) in [6, 6.07) is 5.05. The summed E-state index contributed by atoms with van der Waals surface area (Å²) < 4.78 is 10.6. The van der Waals surface area contributed by atoms with Crippen LogP contribution in [0.25, 0.3) is 0 Å². The van der Waals surface area contributed by atoms with E-state index >= 15 is 0 Å². The zero-order chi connectivity index (χ0) is 20.7. The SMILES string of the molecule is Cc1cnc(NC(=O)C2CCCc3sc(NC(=O)c4ccc5c(c4)OCO5)nc32)s1. The number of amides is 2. The van der Waals surface area contributed by atoms with Crippen LogP contribution in [0.4, 0.5) is 10.3 Å². The maximum atomic E-state index is 12.8. The van der Waals surface area contributed by atoms with E-state index in [1.807, 2.05) is 6.92 Å². The molecule has 2 aromatic heterocycles. The largest absolute Gasteiger partial charge is 0.454 e. The number of aromatic nitrogens is 2. The highest BCUT2D eigenvalue weighted by Gasteiger charge is 2.31. The summed E-state index contributed by atoms with van der Waals surface area (Å²) in [4.78, 5) is 36.3. The lowest BCUT2D eigenvalue weighted by atomic mass is 9.90. The Bertz CT molecular complexity index is 1140. The highest BCUT2D eigenvalue weighted by atomic mass is 32.1. The number of benzene rings is 1. The number of carbonyl (C=O) groups excluding carboxylic acids is 2. The number of anilines is 2. The number of ether oxygens (including phenoxy) is 2. The van der Waals surface area contributed by atoms with Crippen molar-refractivity contribution in [2.45, 2.75) is 32.1 Å². The van der Waals surface area contributed by atoms with E-state index in [0.29, 0.717) is 27.3 Å². The Labute approximate surface area is 180 Å². The van der Waals surface area contributed by atoms with E-state index in [1.54, 1.807) is 24.4 Å². The minimum Gasteiger partial charge on any atom is -0.454 e. The molecule has 1 unspecified atom stereocenters. The van der Waals surface area contributed by atoms with Crippen molar-refractivity contribution < 1.29 is 19.1 Å². The number of hydrogen-bond acceptors (Lipinski definition) is 8. The van der Waals surface area contributed by atoms with Crippen LogP contribution < -0.4 is 20.1 Å². The first-order valence-corrected chi connectivity index (χ1v) is 11.1. The summed E-state index contributed by atoms with van der Waals surface area (Å²) in [7, 11) is 0. The van der Waals surface area contributed by atoms with Gasteiger partial charge in [-0.25, -0.2) is 9.97 Å². The van der Waals surface area contributed by atoms with Gasteiger partial charge in [0, 0.05) is 21.5 Å². The number of carbonyl (C=O) groups is 2. The fraction of sp³-hybridized carbons (Fsp3) is 0.300. The second-order valence-corrected chi connectivity index (χ2v) is 9.38. The van der Waals surface area contributed by atoms with Crippen LogP contribution in [0.5, 0.6) is 11.5 Å². The molecule has 1 aliphatic heterocycles. The quantitative estimate of drug-likeness (QED) is 0.634. The van der Waals surface area contributed by atoms with Gasteiger partial charge in [-0.05, 0) is 44.4 Å². The normalized spacial score (nSPS) is 16.8. The molecule has 2 aliphatic rings. The van der Waals surface area contributed by atoms with Crippen LogP contribution >= 0.6 is 22.7 Å². The van der Waals surface area contributed by atoms with E-state index < -0.39 is 0 Å². The van der Waals surface area contributed by atoms with E-state index in [9.17, 15) is 9.59 Å². The summed E-state index contributed by atoms with van der Waals surface area (Å²) in [5.74, 6) is 0.448. The monoisotopic (exact) mass is 442 g/mol. The molecule has 2 N–H and O–H groups in total. The molecule has 0 fully saturated rings. The van der Waals surface area contributed by atoms with Crippen LogP contribution in [0.15, 0.2) is 24.4 Å². The predicted octanol–water partition coefficient (Wildman–Crippen LogP) is 3.95. The van der Waals surface area contributed by atoms with Crippen molar-refractivity contribution >= 4 is 44.8 Å². The Hall–Kier alpha value is -2.98. The van der Waals surface area contributed by atoms with Crippen molar-refractivity contribution in [3.63, 3.8) is 0 Å². The fourth-order valence-corrected chi connectivity index (χ4v) is 5.27. The second-order valence-electron chi connectivity index (χ2n) is 7.06. The third kappa shape index (κ3) is 3.63. The molecule has 3 aromatic rings. The first-order chi connectivity index (χ1) is 14.6. The van der Waals surface area contributed by atoms with Gasteiger partial charge in [-0.1, -0.05) is 0 Å². The van der Waals surface area contributed by atoms with Gasteiger partial charge in [-0.2, -0.15) is 0 Å². The maximum Gasteiger partial charge on any atom is 0.257 e. The first kappa shape index (κ1) is 19.0. The van der Waals surface area contributed by atoms with Gasteiger partial charge in [0.25, 0.3) is 5.91 Å². The molecule has 30 heavy (non-hydrogen) atoms. The Morgan fingerprint density at radius 2 is 2.00 bits per heavy atom. The van der Waals surface area contributed by atoms with E-state index in [2.05, 4.69) is 20.6 Å². The van der Waals surface area contributed by atoms with Gasteiger partial charge in [0.05, 0.1) is 11.6 Å². The third-order valence-corrected chi connectivity index (χ3v) is 6.85. The molecule has 3 heterocycles. The number of rotatable bonds is 4. The van der Waals surface area contributed by atoms with Crippen LogP contribution in [0, 0.1) is 6.92 Å². The lowest BCUT2D eigenvalue weighted by Gasteiger charge is -2.19. The molecule has 5 rings (SSSR count). The molecular weight excluding hydrogens is 424 g/mol. The number of aryl methyl sites for hydroxylation is 2. The Balaban J connectivity index is 1.32. The van der Waals surface area contributed by atoms with E-state index in [4.69, 9.17) is 9.47 Å². The van der Waals surface area contributed by atoms with Crippen molar-refractivity contribution in [3.8, 4) is 11.5 Å². The number of fused-ring (bicyclic) bond motifs is 2. The van der Waals surface area contributed by atoms with E-state index in [-0.39, 0.29) is 24.5 Å². The average Bonchev–Trinajstić information content (AvgIpc) is 3.45. The summed E-state index contributed by atoms with van der Waals surface area (Å²) in [6.45, 7) is 2.10. The average molecular weight is 443 g/mol. The van der Waals surface area contributed by atoms with Crippen molar-refractivity contribution in [2.75, 3.05) is 17.4 Å². The number of nitrogens with one attached hydrogen (secondary N) is 2. The molecule has 154 valence electrons. The van der Waals surface area contributed by atoms with Gasteiger partial charge in [0.2, 0.25) is 12.7 Å². The fourth-order valence-electron chi connectivity index (χ4n) is 3.54. The summed E-state index contributed by atoms with van der Waals surface area (Å²) in [6.07, 6.45) is 4.22. The summed E-state index contributed by atoms with van der Waals surface area (Å²) in [5, 5.41) is 6.83. The Kier molecular flexibility index (Phi) is 4.87. The minimum absolute atomic E-state index is 0.107. The Morgan fingerprint density at radius 1 is 1.13 bits per heavy atom. The minimum atomic E-state index is -0.342. The molecule has 0 bridgehead atoms. The molecule has 0 saturated heterocycles. The summed E-state index contributed by atoms with van der Waals surface area (Å²) in [5.41, 5.74) is 1.21. The van der Waals surface area contributed by atoms with E-state index in [1.165, 1.54) is 22.7 Å². The number of thiazole rings is 2. The van der Waals surface area contributed by atoms with Crippen LogP contribution in [-0.2, 0) is 11.2 Å². The second kappa shape index (κ2) is 7.69. The molecular formula is C20H18N4O4S2. The van der Waals surface area contributed by atoms with Crippen LogP contribution in [0.3, 0.4) is 0 Å². The molecule has 2 amide bonds. The smallest absolute Gasteiger partial charge is 0.257 e. The van der Waals surface area contributed by atoms with E-state index in [0.717, 1.165) is 34.7 Å². The zero-order valence-electron chi connectivity index (χ0n) is 16.1. The molecule has 8 nitrogen and oxygen atoms in total.